The fraction of sp³-hybridized carbons (Fsp3) is 0.167. The fourth-order valence-electron chi connectivity index (χ4n) is 1.33. The van der Waals surface area contributed by atoms with Crippen LogP contribution in [0.4, 0.5) is 5.82 Å². The monoisotopic (exact) mass is 295 g/mol. The molecule has 0 fully saturated rings. The van der Waals surface area contributed by atoms with E-state index in [1.807, 2.05) is 0 Å². The minimum Gasteiger partial charge on any atom is -0.451 e. The third kappa shape index (κ3) is 3.79. The second kappa shape index (κ2) is 6.16. The van der Waals surface area contributed by atoms with Crippen molar-refractivity contribution in [2.24, 2.45) is 0 Å². The first-order chi connectivity index (χ1) is 9.54. The molecule has 2 rings (SSSR count). The quantitative estimate of drug-likeness (QED) is 0.865. The van der Waals surface area contributed by atoms with E-state index < -0.39 is 18.5 Å². The largest absolute Gasteiger partial charge is 0.451 e. The first-order valence-electron chi connectivity index (χ1n) is 5.56. The number of nitrogens with one attached hydrogen (secondary N) is 1. The van der Waals surface area contributed by atoms with Gasteiger partial charge in [-0.25, -0.2) is 9.78 Å². The van der Waals surface area contributed by atoms with Gasteiger partial charge in [0.05, 0.1) is 0 Å². The van der Waals surface area contributed by atoms with E-state index in [2.05, 4.69) is 15.5 Å². The Bertz CT molecular complexity index is 641. The van der Waals surface area contributed by atoms with Crippen molar-refractivity contribution in [1.82, 2.24) is 10.1 Å². The van der Waals surface area contributed by atoms with Crippen LogP contribution in [-0.2, 0) is 9.53 Å². The molecule has 0 saturated heterocycles. The zero-order valence-corrected chi connectivity index (χ0v) is 11.2. The van der Waals surface area contributed by atoms with E-state index in [0.29, 0.717) is 10.8 Å². The van der Waals surface area contributed by atoms with Crippen LogP contribution < -0.4 is 5.32 Å². The highest BCUT2D eigenvalue weighted by Crippen LogP contribution is 2.09. The van der Waals surface area contributed by atoms with Gasteiger partial charge >= 0.3 is 5.97 Å². The van der Waals surface area contributed by atoms with Crippen LogP contribution in [0.2, 0.25) is 5.02 Å². The Morgan fingerprint density at radius 2 is 2.25 bits per heavy atom. The number of pyridine rings is 1. The van der Waals surface area contributed by atoms with E-state index in [1.54, 1.807) is 6.92 Å². The van der Waals surface area contributed by atoms with Crippen LogP contribution in [-0.4, -0.2) is 28.6 Å². The topological polar surface area (TPSA) is 94.3 Å². The smallest absolute Gasteiger partial charge is 0.357 e. The molecule has 2 aromatic rings. The summed E-state index contributed by atoms with van der Waals surface area (Å²) in [4.78, 5) is 26.9. The van der Waals surface area contributed by atoms with Gasteiger partial charge in [-0.2, -0.15) is 0 Å². The third-order valence-electron chi connectivity index (χ3n) is 2.16. The number of amides is 1. The lowest BCUT2D eigenvalue weighted by Crippen LogP contribution is -2.21. The number of carbonyl (C=O) groups excluding carboxylic acids is 2. The molecule has 2 heterocycles. The van der Waals surface area contributed by atoms with Crippen molar-refractivity contribution in [1.29, 1.82) is 0 Å². The number of anilines is 1. The van der Waals surface area contributed by atoms with Crippen molar-refractivity contribution in [3.8, 4) is 0 Å². The summed E-state index contributed by atoms with van der Waals surface area (Å²) in [6.07, 6.45) is 1.37. The molecular weight excluding hydrogens is 286 g/mol. The van der Waals surface area contributed by atoms with Gasteiger partial charge in [0.25, 0.3) is 5.91 Å². The molecule has 2 aromatic heterocycles. The predicted molar refractivity (Wildman–Crippen MR) is 69.4 cm³/mol. The van der Waals surface area contributed by atoms with E-state index in [1.165, 1.54) is 24.4 Å². The molecular formula is C12H10ClN3O4. The van der Waals surface area contributed by atoms with Crippen LogP contribution in [0.5, 0.6) is 0 Å². The van der Waals surface area contributed by atoms with Crippen LogP contribution in [0.3, 0.4) is 0 Å². The zero-order chi connectivity index (χ0) is 14.5. The number of ether oxygens (including phenoxy) is 1. The molecule has 0 bridgehead atoms. The van der Waals surface area contributed by atoms with Crippen molar-refractivity contribution < 1.29 is 18.8 Å². The van der Waals surface area contributed by atoms with E-state index in [0.717, 1.165) is 0 Å². The van der Waals surface area contributed by atoms with Crippen LogP contribution in [0.25, 0.3) is 0 Å². The maximum Gasteiger partial charge on any atom is 0.357 e. The summed E-state index contributed by atoms with van der Waals surface area (Å²) in [5.74, 6) is -0.461. The molecule has 7 nitrogen and oxygen atoms in total. The number of aromatic nitrogens is 2. The van der Waals surface area contributed by atoms with Gasteiger partial charge in [0.2, 0.25) is 0 Å². The summed E-state index contributed by atoms with van der Waals surface area (Å²) in [6.45, 7) is 1.23. The van der Waals surface area contributed by atoms with Crippen LogP contribution in [0, 0.1) is 6.92 Å². The first-order valence-corrected chi connectivity index (χ1v) is 5.94. The number of nitrogens with zero attached hydrogens (tertiary/aromatic N) is 2. The summed E-state index contributed by atoms with van der Waals surface area (Å²) in [5, 5.41) is 6.34. The van der Waals surface area contributed by atoms with Crippen molar-refractivity contribution in [3.63, 3.8) is 0 Å². The molecule has 0 radical (unpaired) electrons. The molecule has 0 aromatic carbocycles. The highest BCUT2D eigenvalue weighted by molar-refractivity contribution is 6.30. The minimum atomic E-state index is -0.737. The van der Waals surface area contributed by atoms with Gasteiger partial charge in [-0.1, -0.05) is 16.8 Å². The average molecular weight is 296 g/mol. The first kappa shape index (κ1) is 14.0. The maximum atomic E-state index is 11.6. The molecule has 0 atom stereocenters. The number of rotatable bonds is 4. The molecule has 0 spiro atoms. The summed E-state index contributed by atoms with van der Waals surface area (Å²) < 4.78 is 9.57. The van der Waals surface area contributed by atoms with E-state index in [-0.39, 0.29) is 11.5 Å². The Hall–Kier alpha value is -2.41. The van der Waals surface area contributed by atoms with Gasteiger partial charge in [-0.05, 0) is 19.1 Å². The van der Waals surface area contributed by atoms with Gasteiger partial charge < -0.3 is 14.6 Å². The molecule has 104 valence electrons. The molecule has 0 aliphatic heterocycles. The van der Waals surface area contributed by atoms with Gasteiger partial charge in [0.15, 0.2) is 12.4 Å². The predicted octanol–water partition coefficient (Wildman–Crippen LogP) is 1.83. The number of carbonyl (C=O) groups is 2. The second-order valence-corrected chi connectivity index (χ2v) is 4.24. The number of aryl methyl sites for hydroxylation is 1. The van der Waals surface area contributed by atoms with Crippen LogP contribution >= 0.6 is 11.6 Å². The van der Waals surface area contributed by atoms with Crippen LogP contribution in [0.1, 0.15) is 16.2 Å². The number of hydrogen-bond acceptors (Lipinski definition) is 6. The van der Waals surface area contributed by atoms with Crippen molar-refractivity contribution in [2.75, 3.05) is 11.9 Å². The SMILES string of the molecule is Cc1cc(NC(=O)COC(=O)c2cc(Cl)ccn2)no1. The molecule has 0 aliphatic carbocycles. The highest BCUT2D eigenvalue weighted by Gasteiger charge is 2.13. The molecule has 0 unspecified atom stereocenters. The number of esters is 1. The van der Waals surface area contributed by atoms with E-state index >= 15 is 0 Å². The Morgan fingerprint density at radius 1 is 1.45 bits per heavy atom. The Balaban J connectivity index is 1.85. The normalized spacial score (nSPS) is 10.1. The number of halogens is 1. The van der Waals surface area contributed by atoms with Crippen LogP contribution in [0.15, 0.2) is 28.9 Å². The standard InChI is InChI=1S/C12H10ClN3O4/c1-7-4-10(16-20-7)15-11(17)6-19-12(18)9-5-8(13)2-3-14-9/h2-5H,6H2,1H3,(H,15,16,17). The van der Waals surface area contributed by atoms with Crippen molar-refractivity contribution in [3.05, 3.63) is 40.9 Å². The van der Waals surface area contributed by atoms with Gasteiger partial charge in [0.1, 0.15) is 11.5 Å². The fourth-order valence-corrected chi connectivity index (χ4v) is 1.49. The zero-order valence-electron chi connectivity index (χ0n) is 10.4. The summed E-state index contributed by atoms with van der Waals surface area (Å²) >= 11 is 5.72. The molecule has 1 N–H and O–H groups in total. The summed E-state index contributed by atoms with van der Waals surface area (Å²) in [5.41, 5.74) is 0.0302. The summed E-state index contributed by atoms with van der Waals surface area (Å²) in [7, 11) is 0. The van der Waals surface area contributed by atoms with Gasteiger partial charge in [-0.3, -0.25) is 4.79 Å². The van der Waals surface area contributed by atoms with Crippen molar-refractivity contribution >= 4 is 29.3 Å². The molecule has 1 amide bonds. The van der Waals surface area contributed by atoms with Gasteiger partial charge in [-0.15, -0.1) is 0 Å². The molecule has 0 aliphatic rings. The minimum absolute atomic E-state index is 0.0302. The average Bonchev–Trinajstić information content (AvgIpc) is 2.81. The Morgan fingerprint density at radius 3 is 2.90 bits per heavy atom. The summed E-state index contributed by atoms with van der Waals surface area (Å²) in [6, 6.07) is 4.42. The Kier molecular flexibility index (Phi) is 4.31. The maximum absolute atomic E-state index is 11.6. The van der Waals surface area contributed by atoms with E-state index in [9.17, 15) is 9.59 Å². The lowest BCUT2D eigenvalue weighted by Gasteiger charge is -2.04. The lowest BCUT2D eigenvalue weighted by molar-refractivity contribution is -0.119. The molecule has 8 heteroatoms. The highest BCUT2D eigenvalue weighted by atomic mass is 35.5. The number of hydrogen-bond donors (Lipinski definition) is 1. The molecule has 0 saturated carbocycles. The lowest BCUT2D eigenvalue weighted by atomic mass is 10.3. The van der Waals surface area contributed by atoms with E-state index in [4.69, 9.17) is 20.9 Å². The second-order valence-electron chi connectivity index (χ2n) is 3.81. The van der Waals surface area contributed by atoms with Crippen molar-refractivity contribution in [2.45, 2.75) is 6.92 Å². The molecule has 20 heavy (non-hydrogen) atoms. The van der Waals surface area contributed by atoms with Gasteiger partial charge in [0, 0.05) is 17.3 Å². The third-order valence-corrected chi connectivity index (χ3v) is 2.40. The Labute approximate surface area is 118 Å².